The molecule has 0 rings (SSSR count). The molecular weight excluding hydrogens is 1090 g/mol. The maximum atomic E-state index is 11.8. The number of carbonyl (C=O) groups is 12. The van der Waals surface area contributed by atoms with Gasteiger partial charge in [-0.15, -0.1) is 12.3 Å². The van der Waals surface area contributed by atoms with Crippen molar-refractivity contribution >= 4 is 70.9 Å². The van der Waals surface area contributed by atoms with E-state index in [2.05, 4.69) is 42.5 Å². The molecule has 0 aliphatic carbocycles. The Morgan fingerprint density at radius 1 is 0.444 bits per heavy atom. The van der Waals surface area contributed by atoms with Crippen LogP contribution in [0.3, 0.4) is 0 Å². The van der Waals surface area contributed by atoms with Gasteiger partial charge in [0, 0.05) is 83.0 Å². The molecule has 0 radical (unpaired) electrons. The van der Waals surface area contributed by atoms with Crippen LogP contribution in [0.2, 0.25) is 0 Å². The molecule has 6 amide bonds. The summed E-state index contributed by atoms with van der Waals surface area (Å²) >= 11 is 0. The first-order chi connectivity index (χ1) is 38.8. The molecule has 0 aliphatic rings. The average Bonchev–Trinajstić information content (AvgIpc) is 3.40. The zero-order valence-electron chi connectivity index (χ0n) is 45.2. The second-order valence-corrected chi connectivity index (χ2v) is 16.4. The van der Waals surface area contributed by atoms with Crippen molar-refractivity contribution in [3.05, 3.63) is 10.4 Å². The van der Waals surface area contributed by atoms with Gasteiger partial charge in [0.05, 0.1) is 66.1 Å². The Hall–Kier alpha value is -7.41. The average molecular weight is 1160 g/mol. The molecule has 2 atom stereocenters. The molecule has 33 heteroatoms. The molecule has 0 bridgehead atoms. The molecule has 0 heterocycles. The molecule has 0 aromatic heterocycles. The molecule has 0 saturated heterocycles. The number of amides is 6. The summed E-state index contributed by atoms with van der Waals surface area (Å²) < 4.78 is 42.0. The van der Waals surface area contributed by atoms with E-state index in [4.69, 9.17) is 70.3 Å². The Labute approximate surface area is 466 Å². The summed E-state index contributed by atoms with van der Waals surface area (Å²) in [6.07, 6.45) is 4.59. The number of carboxylic acid groups (broad SMARTS) is 4. The Morgan fingerprint density at radius 3 is 1.17 bits per heavy atom. The van der Waals surface area contributed by atoms with Crippen molar-refractivity contribution in [1.29, 1.82) is 0 Å². The lowest BCUT2D eigenvalue weighted by molar-refractivity contribution is -0.145. The number of aliphatic carboxylic acids is 4. The molecule has 2 unspecified atom stereocenters. The third-order valence-corrected chi connectivity index (χ3v) is 9.51. The van der Waals surface area contributed by atoms with Gasteiger partial charge >= 0.3 is 23.9 Å². The fourth-order valence-corrected chi connectivity index (χ4v) is 5.67. The molecule has 0 aromatic rings. The van der Waals surface area contributed by atoms with E-state index in [0.29, 0.717) is 45.6 Å². The number of Topliss-reactive ketones (excluding diaryl/α,β-unsaturated/α-hetero) is 2. The maximum absolute atomic E-state index is 11.8. The smallest absolute Gasteiger partial charge is 0.326 e. The van der Waals surface area contributed by atoms with E-state index in [1.54, 1.807) is 0 Å². The molecule has 0 aromatic carbocycles. The largest absolute Gasteiger partial charge is 0.481 e. The Bertz CT molecular complexity index is 2000. The number of carbonyl (C=O) groups excluding carboxylic acids is 8. The van der Waals surface area contributed by atoms with Crippen molar-refractivity contribution in [2.45, 2.75) is 82.7 Å². The number of terminal acetylenes is 1. The number of carboxylic acids is 4. The molecule has 0 saturated carbocycles. The normalized spacial score (nSPS) is 11.1. The highest BCUT2D eigenvalue weighted by atomic mass is 16.5. The van der Waals surface area contributed by atoms with E-state index >= 15 is 0 Å². The molecule has 0 aliphatic heterocycles. The monoisotopic (exact) mass is 1160 g/mol. The van der Waals surface area contributed by atoms with E-state index in [1.165, 1.54) is 0 Å². The Morgan fingerprint density at radius 2 is 0.802 bits per heavy atom. The van der Waals surface area contributed by atoms with E-state index in [1.807, 2.05) is 5.32 Å². The lowest BCUT2D eigenvalue weighted by Gasteiger charge is -2.13. The summed E-state index contributed by atoms with van der Waals surface area (Å²) in [6, 6.07) is -2.76. The zero-order chi connectivity index (χ0) is 60.7. The van der Waals surface area contributed by atoms with Gasteiger partial charge in [0.2, 0.25) is 35.4 Å². The molecule has 0 spiro atoms. The van der Waals surface area contributed by atoms with Crippen molar-refractivity contribution in [2.24, 2.45) is 5.11 Å². The summed E-state index contributed by atoms with van der Waals surface area (Å²) in [5.74, 6) is -6.74. The Kier molecular flexibility index (Phi) is 49.7. The molecular formula is C48H77N9O24. The standard InChI is InChI=1S/C25H39N3O12.C23H38N6O12/c1-2-3-8-26-23(32)18-40-15-12-37-10-4-5-19(29)17-39-14-13-38-11-9-27-21(30)7-6-20(25(35)36)28-22(31)16-24(33)34;24-29-27-6-5-25-21(33)16-41-13-10-38-8-1-2-17(30)15-40-12-11-39-9-7-26-19(31)4-3-18(23(36)37)28-20(32)14-22(34)35/h1,20H,3-18H2,(H,26,32)(H,27,30)(H,28,31)(H,33,34)(H,35,36);18H,1-16H2,(H,25,33)(H,26,31)(H,28,32)(H,34,35)(H,36,37). The van der Waals surface area contributed by atoms with Crippen LogP contribution < -0.4 is 31.9 Å². The van der Waals surface area contributed by atoms with E-state index < -0.39 is 72.4 Å². The summed E-state index contributed by atoms with van der Waals surface area (Å²) in [4.78, 5) is 139. The summed E-state index contributed by atoms with van der Waals surface area (Å²) in [5.41, 5.74) is 8.12. The molecule has 33 nitrogen and oxygen atoms in total. The minimum atomic E-state index is -1.40. The highest BCUT2D eigenvalue weighted by Gasteiger charge is 2.23. The van der Waals surface area contributed by atoms with Gasteiger partial charge in [0.15, 0.2) is 11.6 Å². The number of ether oxygens (including phenoxy) is 8. The van der Waals surface area contributed by atoms with Gasteiger partial charge in [-0.2, -0.15) is 0 Å². The second-order valence-electron chi connectivity index (χ2n) is 16.4. The zero-order valence-corrected chi connectivity index (χ0v) is 45.2. The number of nitrogens with zero attached hydrogens (tertiary/aromatic N) is 3. The number of rotatable bonds is 53. The van der Waals surface area contributed by atoms with Crippen LogP contribution in [0, 0.1) is 12.3 Å². The molecule has 81 heavy (non-hydrogen) atoms. The van der Waals surface area contributed by atoms with Gasteiger partial charge in [-0.05, 0) is 31.2 Å². The number of hydrogen-bond donors (Lipinski definition) is 10. The second kappa shape index (κ2) is 53.2. The first kappa shape index (κ1) is 75.7. The lowest BCUT2D eigenvalue weighted by Crippen LogP contribution is -2.42. The number of azide groups is 1. The summed E-state index contributed by atoms with van der Waals surface area (Å²) in [6.45, 7) is 3.58. The van der Waals surface area contributed by atoms with Crippen LogP contribution >= 0.6 is 0 Å². The third-order valence-electron chi connectivity index (χ3n) is 9.51. The minimum Gasteiger partial charge on any atom is -0.481 e. The highest BCUT2D eigenvalue weighted by Crippen LogP contribution is 2.02. The Balaban J connectivity index is 0. The quantitative estimate of drug-likeness (QED) is 0.00737. The SMILES string of the molecule is C#CCCNC(=O)COCCOCCCC(=O)COCCOCCNC(=O)CCC(NC(=O)CC(=O)O)C(=O)O.[N-]=[N+]=NCCNC(=O)COCCOCCCC(=O)COCCOCCNC(=O)CCC(NC(=O)CC(=O)O)C(=O)O. The van der Waals surface area contributed by atoms with E-state index in [0.717, 1.165) is 0 Å². The predicted octanol–water partition coefficient (Wildman–Crippen LogP) is -2.75. The number of ketones is 2. The molecule has 10 N–H and O–H groups in total. The highest BCUT2D eigenvalue weighted by molar-refractivity contribution is 5.96. The van der Waals surface area contributed by atoms with Gasteiger partial charge < -0.3 is 90.2 Å². The maximum Gasteiger partial charge on any atom is 0.326 e. The van der Waals surface area contributed by atoms with Gasteiger partial charge in [-0.1, -0.05) is 5.11 Å². The van der Waals surface area contributed by atoms with Crippen LogP contribution in [0.1, 0.15) is 70.6 Å². The van der Waals surface area contributed by atoms with Gasteiger partial charge in [-0.25, -0.2) is 9.59 Å². The lowest BCUT2D eigenvalue weighted by atomic mass is 10.1. The third kappa shape index (κ3) is 54.3. The first-order valence-corrected chi connectivity index (χ1v) is 25.4. The van der Waals surface area contributed by atoms with Gasteiger partial charge in [0.1, 0.15) is 51.4 Å². The number of hydrogen-bond acceptors (Lipinski definition) is 21. The topological polar surface area (TPSA) is 481 Å². The van der Waals surface area contributed by atoms with E-state index in [9.17, 15) is 57.5 Å². The van der Waals surface area contributed by atoms with Gasteiger partial charge in [-0.3, -0.25) is 47.9 Å². The van der Waals surface area contributed by atoms with Crippen molar-refractivity contribution in [2.75, 3.05) is 138 Å². The van der Waals surface area contributed by atoms with Crippen molar-refractivity contribution in [3.8, 4) is 12.3 Å². The first-order valence-electron chi connectivity index (χ1n) is 25.4. The van der Waals surface area contributed by atoms with Crippen LogP contribution in [-0.2, 0) is 95.4 Å². The predicted molar refractivity (Wildman–Crippen MR) is 277 cm³/mol. The summed E-state index contributed by atoms with van der Waals surface area (Å²) in [7, 11) is 0. The van der Waals surface area contributed by atoms with Crippen LogP contribution in [0.25, 0.3) is 10.4 Å². The van der Waals surface area contributed by atoms with Crippen LogP contribution in [0.15, 0.2) is 5.11 Å². The van der Waals surface area contributed by atoms with Crippen LogP contribution in [0.5, 0.6) is 0 Å². The van der Waals surface area contributed by atoms with Gasteiger partial charge in [0.25, 0.3) is 0 Å². The van der Waals surface area contributed by atoms with Crippen molar-refractivity contribution in [1.82, 2.24) is 31.9 Å². The van der Waals surface area contributed by atoms with E-state index in [-0.39, 0.29) is 174 Å². The fourth-order valence-electron chi connectivity index (χ4n) is 5.67. The minimum absolute atomic E-state index is 0.0637. The fraction of sp³-hybridized carbons (Fsp3) is 0.708. The summed E-state index contributed by atoms with van der Waals surface area (Å²) in [5, 5.41) is 52.8. The molecule has 0 fully saturated rings. The van der Waals surface area contributed by atoms with Crippen molar-refractivity contribution in [3.63, 3.8) is 0 Å². The van der Waals surface area contributed by atoms with Crippen molar-refractivity contribution < 1.29 is 116 Å². The number of nitrogens with one attached hydrogen (secondary N) is 6. The molecule has 458 valence electrons. The van der Waals surface area contributed by atoms with Crippen LogP contribution in [-0.4, -0.2) is 242 Å². The van der Waals surface area contributed by atoms with Crippen LogP contribution in [0.4, 0.5) is 0 Å².